The van der Waals surface area contributed by atoms with Crippen LogP contribution in [0.2, 0.25) is 0 Å². The van der Waals surface area contributed by atoms with Crippen LogP contribution in [0.4, 0.5) is 0 Å². The normalized spacial score (nSPS) is 14.6. The van der Waals surface area contributed by atoms with E-state index in [-0.39, 0.29) is 5.92 Å². The number of carboxylic acid groups (broad SMARTS) is 1. The number of benzene rings is 1. The molecule has 2 nitrogen and oxygen atoms in total. The highest BCUT2D eigenvalue weighted by Crippen LogP contribution is 2.31. The monoisotopic (exact) mass is 234 g/mol. The maximum absolute atomic E-state index is 11.4. The Hall–Kier alpha value is -1.31. The second kappa shape index (κ2) is 5.35. The van der Waals surface area contributed by atoms with Gasteiger partial charge in [0.15, 0.2) is 0 Å². The first-order chi connectivity index (χ1) is 7.90. The van der Waals surface area contributed by atoms with Crippen molar-refractivity contribution in [3.05, 3.63) is 35.4 Å². The Morgan fingerprint density at radius 3 is 2.06 bits per heavy atom. The molecule has 0 saturated heterocycles. The van der Waals surface area contributed by atoms with E-state index >= 15 is 0 Å². The number of hydrogen-bond acceptors (Lipinski definition) is 1. The van der Waals surface area contributed by atoms with Gasteiger partial charge in [-0.2, -0.15) is 0 Å². The summed E-state index contributed by atoms with van der Waals surface area (Å²) < 4.78 is 0. The third kappa shape index (κ3) is 3.09. The predicted octanol–water partition coefficient (Wildman–Crippen LogP) is 3.54. The first-order valence-electron chi connectivity index (χ1n) is 6.21. The molecule has 94 valence electrons. The van der Waals surface area contributed by atoms with E-state index < -0.39 is 11.4 Å². The van der Waals surface area contributed by atoms with Crippen LogP contribution in [-0.4, -0.2) is 11.1 Å². The fourth-order valence-corrected chi connectivity index (χ4v) is 1.84. The summed E-state index contributed by atoms with van der Waals surface area (Å²) in [5.41, 5.74) is 1.70. The molecule has 0 aromatic heterocycles. The van der Waals surface area contributed by atoms with E-state index in [0.717, 1.165) is 12.0 Å². The van der Waals surface area contributed by atoms with Crippen molar-refractivity contribution in [1.29, 1.82) is 0 Å². The zero-order chi connectivity index (χ0) is 13.1. The summed E-state index contributed by atoms with van der Waals surface area (Å²) in [4.78, 5) is 11.4. The molecule has 1 aromatic rings. The highest BCUT2D eigenvalue weighted by atomic mass is 16.4. The summed E-state index contributed by atoms with van der Waals surface area (Å²) in [7, 11) is 0. The molecule has 0 heterocycles. The zero-order valence-electron chi connectivity index (χ0n) is 11.2. The van der Waals surface area contributed by atoms with Crippen molar-refractivity contribution in [3.8, 4) is 0 Å². The van der Waals surface area contributed by atoms with Crippen molar-refractivity contribution >= 4 is 5.97 Å². The minimum absolute atomic E-state index is 0.117. The highest BCUT2D eigenvalue weighted by molar-refractivity contribution is 5.75. The number of carbonyl (C=O) groups is 1. The van der Waals surface area contributed by atoms with Crippen molar-refractivity contribution in [2.24, 2.45) is 11.3 Å². The second-order valence-electron chi connectivity index (χ2n) is 5.22. The summed E-state index contributed by atoms with van der Waals surface area (Å²) in [6, 6.07) is 8.25. The summed E-state index contributed by atoms with van der Waals surface area (Å²) in [6.07, 6.45) is 1.60. The maximum Gasteiger partial charge on any atom is 0.309 e. The molecular formula is C15H22O2. The lowest BCUT2D eigenvalue weighted by Crippen LogP contribution is -2.35. The molecule has 1 rings (SSSR count). The summed E-state index contributed by atoms with van der Waals surface area (Å²) in [5.74, 6) is -0.599. The molecule has 0 aliphatic rings. The third-order valence-corrected chi connectivity index (χ3v) is 3.77. The summed E-state index contributed by atoms with van der Waals surface area (Å²) in [5, 5.41) is 9.37. The second-order valence-corrected chi connectivity index (χ2v) is 5.22. The molecule has 0 amide bonds. The minimum Gasteiger partial charge on any atom is -0.481 e. The average molecular weight is 234 g/mol. The molecule has 0 fully saturated rings. The van der Waals surface area contributed by atoms with E-state index in [2.05, 4.69) is 19.1 Å². The topological polar surface area (TPSA) is 37.3 Å². The molecule has 0 bridgehead atoms. The molecule has 1 N–H and O–H groups in total. The van der Waals surface area contributed by atoms with E-state index in [1.807, 2.05) is 32.9 Å². The molecule has 0 saturated carbocycles. The fourth-order valence-electron chi connectivity index (χ4n) is 1.84. The molecular weight excluding hydrogens is 212 g/mol. The van der Waals surface area contributed by atoms with Crippen LogP contribution in [0.15, 0.2) is 24.3 Å². The molecule has 2 heteroatoms. The van der Waals surface area contributed by atoms with Crippen LogP contribution in [0, 0.1) is 11.3 Å². The third-order valence-electron chi connectivity index (χ3n) is 3.77. The SMILES string of the molecule is CCc1ccc(CC(C)(C(=O)O)C(C)C)cc1. The summed E-state index contributed by atoms with van der Waals surface area (Å²) in [6.45, 7) is 7.88. The van der Waals surface area contributed by atoms with Crippen LogP contribution in [0.1, 0.15) is 38.8 Å². The van der Waals surface area contributed by atoms with Gasteiger partial charge in [-0.15, -0.1) is 0 Å². The van der Waals surface area contributed by atoms with Crippen LogP contribution in [-0.2, 0) is 17.6 Å². The largest absolute Gasteiger partial charge is 0.481 e. The number of aliphatic carboxylic acids is 1. The van der Waals surface area contributed by atoms with Crippen LogP contribution in [0.5, 0.6) is 0 Å². The van der Waals surface area contributed by atoms with E-state index in [1.54, 1.807) is 0 Å². The van der Waals surface area contributed by atoms with E-state index in [4.69, 9.17) is 0 Å². The minimum atomic E-state index is -0.716. The molecule has 1 atom stereocenters. The number of rotatable bonds is 5. The number of aryl methyl sites for hydroxylation is 1. The van der Waals surface area contributed by atoms with Crippen molar-refractivity contribution in [2.45, 2.75) is 40.5 Å². The van der Waals surface area contributed by atoms with Crippen molar-refractivity contribution in [3.63, 3.8) is 0 Å². The number of hydrogen-bond donors (Lipinski definition) is 1. The van der Waals surface area contributed by atoms with Crippen LogP contribution in [0.3, 0.4) is 0 Å². The Kier molecular flexibility index (Phi) is 4.33. The van der Waals surface area contributed by atoms with Crippen LogP contribution < -0.4 is 0 Å². The lowest BCUT2D eigenvalue weighted by Gasteiger charge is -2.29. The standard InChI is InChI=1S/C15H22O2/c1-5-12-6-8-13(9-7-12)10-15(4,11(2)3)14(16)17/h6-9,11H,5,10H2,1-4H3,(H,16,17). The average Bonchev–Trinajstić information content (AvgIpc) is 2.29. The smallest absolute Gasteiger partial charge is 0.309 e. The van der Waals surface area contributed by atoms with Crippen molar-refractivity contribution < 1.29 is 9.90 Å². The van der Waals surface area contributed by atoms with Gasteiger partial charge in [0.05, 0.1) is 5.41 Å². The Morgan fingerprint density at radius 2 is 1.71 bits per heavy atom. The molecule has 17 heavy (non-hydrogen) atoms. The quantitative estimate of drug-likeness (QED) is 0.846. The van der Waals surface area contributed by atoms with Gasteiger partial charge in [-0.1, -0.05) is 45.0 Å². The van der Waals surface area contributed by atoms with Gasteiger partial charge in [0, 0.05) is 0 Å². The number of carboxylic acids is 1. The first kappa shape index (κ1) is 13.8. The van der Waals surface area contributed by atoms with E-state index in [9.17, 15) is 9.90 Å². The lowest BCUT2D eigenvalue weighted by molar-refractivity contribution is -0.150. The van der Waals surface area contributed by atoms with Gasteiger partial charge in [0.1, 0.15) is 0 Å². The summed E-state index contributed by atoms with van der Waals surface area (Å²) >= 11 is 0. The van der Waals surface area contributed by atoms with Crippen molar-refractivity contribution in [2.75, 3.05) is 0 Å². The molecule has 0 aliphatic carbocycles. The fraction of sp³-hybridized carbons (Fsp3) is 0.533. The van der Waals surface area contributed by atoms with Crippen LogP contribution >= 0.6 is 0 Å². The van der Waals surface area contributed by atoms with E-state index in [1.165, 1.54) is 5.56 Å². The molecule has 0 spiro atoms. The van der Waals surface area contributed by atoms with Crippen molar-refractivity contribution in [1.82, 2.24) is 0 Å². The lowest BCUT2D eigenvalue weighted by atomic mass is 9.74. The van der Waals surface area contributed by atoms with Gasteiger partial charge in [-0.3, -0.25) is 4.79 Å². The zero-order valence-corrected chi connectivity index (χ0v) is 11.2. The van der Waals surface area contributed by atoms with Gasteiger partial charge in [-0.25, -0.2) is 0 Å². The Bertz CT molecular complexity index is 378. The Morgan fingerprint density at radius 1 is 1.24 bits per heavy atom. The molecule has 1 aromatic carbocycles. The predicted molar refractivity (Wildman–Crippen MR) is 70.1 cm³/mol. The van der Waals surface area contributed by atoms with Gasteiger partial charge in [0.25, 0.3) is 0 Å². The highest BCUT2D eigenvalue weighted by Gasteiger charge is 2.36. The Labute approximate surface area is 104 Å². The van der Waals surface area contributed by atoms with E-state index in [0.29, 0.717) is 6.42 Å². The van der Waals surface area contributed by atoms with Gasteiger partial charge in [0.2, 0.25) is 0 Å². The maximum atomic E-state index is 11.4. The van der Waals surface area contributed by atoms with Crippen LogP contribution in [0.25, 0.3) is 0 Å². The van der Waals surface area contributed by atoms with Gasteiger partial charge >= 0.3 is 5.97 Å². The molecule has 1 unspecified atom stereocenters. The molecule has 0 aliphatic heterocycles. The Balaban J connectivity index is 2.90. The molecule has 0 radical (unpaired) electrons. The van der Waals surface area contributed by atoms with Gasteiger partial charge < -0.3 is 5.11 Å². The van der Waals surface area contributed by atoms with Gasteiger partial charge in [-0.05, 0) is 36.8 Å². The first-order valence-corrected chi connectivity index (χ1v) is 6.21.